The third kappa shape index (κ3) is 5.61. The van der Waals surface area contributed by atoms with Gasteiger partial charge in [-0.15, -0.1) is 11.3 Å². The van der Waals surface area contributed by atoms with Gasteiger partial charge in [-0.3, -0.25) is 4.79 Å². The Hall–Kier alpha value is -3.62. The van der Waals surface area contributed by atoms with E-state index in [-0.39, 0.29) is 0 Å². The summed E-state index contributed by atoms with van der Waals surface area (Å²) >= 11 is 1.75. The highest BCUT2D eigenvalue weighted by molar-refractivity contribution is 7.15. The van der Waals surface area contributed by atoms with Crippen LogP contribution in [0.4, 0.5) is 10.8 Å². The first-order valence-electron chi connectivity index (χ1n) is 12.1. The highest BCUT2D eigenvalue weighted by Gasteiger charge is 2.20. The summed E-state index contributed by atoms with van der Waals surface area (Å²) in [6.45, 7) is 3.26. The van der Waals surface area contributed by atoms with E-state index < -0.39 is 0 Å². The van der Waals surface area contributed by atoms with Gasteiger partial charge in [0.25, 0.3) is 0 Å². The van der Waals surface area contributed by atoms with E-state index in [1.165, 1.54) is 21.6 Å². The summed E-state index contributed by atoms with van der Waals surface area (Å²) in [4.78, 5) is 32.6. The zero-order chi connectivity index (χ0) is 24.9. The fourth-order valence-corrected chi connectivity index (χ4v) is 5.35. The SMILES string of the molecule is CN(C)CCN(C=O)c1ccc2c(c1)CN(c1ncc(Cc3ccc(-c4ncccn4)cc3)s1)CC2. The number of hydrogen-bond acceptors (Lipinski definition) is 7. The van der Waals surface area contributed by atoms with E-state index in [1.807, 2.05) is 26.4 Å². The fraction of sp³-hybridized carbons (Fsp3) is 0.286. The number of carbonyl (C=O) groups excluding carboxylic acids is 1. The smallest absolute Gasteiger partial charge is 0.214 e. The lowest BCUT2D eigenvalue weighted by Crippen LogP contribution is -2.32. The number of hydrogen-bond donors (Lipinski definition) is 0. The van der Waals surface area contributed by atoms with Crippen LogP contribution in [0.15, 0.2) is 67.1 Å². The van der Waals surface area contributed by atoms with Crippen LogP contribution in [-0.4, -0.2) is 60.0 Å². The lowest BCUT2D eigenvalue weighted by molar-refractivity contribution is -0.107. The third-order valence-electron chi connectivity index (χ3n) is 6.42. The van der Waals surface area contributed by atoms with E-state index in [9.17, 15) is 4.79 Å². The van der Waals surface area contributed by atoms with Crippen LogP contribution >= 0.6 is 11.3 Å². The molecule has 184 valence electrons. The first-order valence-corrected chi connectivity index (χ1v) is 12.9. The van der Waals surface area contributed by atoms with E-state index in [0.717, 1.165) is 61.1 Å². The Morgan fingerprint density at radius 1 is 1.00 bits per heavy atom. The number of carbonyl (C=O) groups is 1. The molecule has 1 amide bonds. The minimum atomic E-state index is 0.675. The molecule has 0 N–H and O–H groups in total. The standard InChI is InChI=1S/C28H30N6OS/c1-32(2)14-15-34(20-35)25-9-8-22-10-13-33(19-24(22)17-25)28-31-18-26(36-28)16-21-4-6-23(7-5-21)27-29-11-3-12-30-27/h3-9,11-12,17-18,20H,10,13-16,19H2,1-2H3. The van der Waals surface area contributed by atoms with Crippen LogP contribution in [0, 0.1) is 0 Å². The molecule has 2 aromatic carbocycles. The molecule has 1 aliphatic rings. The maximum Gasteiger partial charge on any atom is 0.214 e. The molecule has 0 radical (unpaired) electrons. The summed E-state index contributed by atoms with van der Waals surface area (Å²) in [6, 6.07) is 16.7. The maximum atomic E-state index is 11.7. The molecule has 1 aliphatic heterocycles. The molecule has 7 nitrogen and oxygen atoms in total. The van der Waals surface area contributed by atoms with Crippen LogP contribution in [0.1, 0.15) is 21.6 Å². The van der Waals surface area contributed by atoms with E-state index in [1.54, 1.807) is 28.6 Å². The number of rotatable bonds is 9. The van der Waals surface area contributed by atoms with Gasteiger partial charge in [0.1, 0.15) is 0 Å². The van der Waals surface area contributed by atoms with Gasteiger partial charge in [-0.1, -0.05) is 30.3 Å². The number of nitrogens with zero attached hydrogens (tertiary/aromatic N) is 6. The molecule has 0 saturated heterocycles. The van der Waals surface area contributed by atoms with Crippen molar-refractivity contribution in [3.05, 3.63) is 88.7 Å². The quantitative estimate of drug-likeness (QED) is 0.321. The van der Waals surface area contributed by atoms with Crippen molar-refractivity contribution in [3.8, 4) is 11.4 Å². The molecule has 2 aromatic heterocycles. The number of likely N-dealkylation sites (N-methyl/N-ethyl adjacent to an activating group) is 1. The van der Waals surface area contributed by atoms with E-state index in [4.69, 9.17) is 4.98 Å². The lowest BCUT2D eigenvalue weighted by atomic mass is 9.99. The second-order valence-corrected chi connectivity index (χ2v) is 10.4. The molecule has 0 atom stereocenters. The van der Waals surface area contributed by atoms with E-state index in [2.05, 4.69) is 62.2 Å². The number of anilines is 2. The number of thiazole rings is 1. The minimum Gasteiger partial charge on any atom is -0.343 e. The lowest BCUT2D eigenvalue weighted by Gasteiger charge is -2.30. The van der Waals surface area contributed by atoms with Crippen molar-refractivity contribution in [2.24, 2.45) is 0 Å². The van der Waals surface area contributed by atoms with Crippen molar-refractivity contribution in [2.75, 3.05) is 43.5 Å². The Bertz CT molecular complexity index is 1310. The molecular weight excluding hydrogens is 468 g/mol. The second-order valence-electron chi connectivity index (χ2n) is 9.28. The summed E-state index contributed by atoms with van der Waals surface area (Å²) in [5.74, 6) is 0.742. The first-order chi connectivity index (χ1) is 17.6. The van der Waals surface area contributed by atoms with Crippen molar-refractivity contribution in [1.29, 1.82) is 0 Å². The molecule has 3 heterocycles. The highest BCUT2D eigenvalue weighted by Crippen LogP contribution is 2.31. The summed E-state index contributed by atoms with van der Waals surface area (Å²) in [5.41, 5.74) is 5.84. The van der Waals surface area contributed by atoms with Gasteiger partial charge in [0.2, 0.25) is 6.41 Å². The van der Waals surface area contributed by atoms with Crippen molar-refractivity contribution >= 4 is 28.6 Å². The van der Waals surface area contributed by atoms with Crippen LogP contribution in [0.25, 0.3) is 11.4 Å². The zero-order valence-corrected chi connectivity index (χ0v) is 21.5. The van der Waals surface area contributed by atoms with Gasteiger partial charge in [0.05, 0.1) is 0 Å². The van der Waals surface area contributed by atoms with Crippen LogP contribution < -0.4 is 9.80 Å². The fourth-order valence-electron chi connectivity index (χ4n) is 4.38. The van der Waals surface area contributed by atoms with Gasteiger partial charge in [-0.05, 0) is 55.4 Å². The van der Waals surface area contributed by atoms with Gasteiger partial charge >= 0.3 is 0 Å². The summed E-state index contributed by atoms with van der Waals surface area (Å²) in [5, 5.41) is 1.05. The number of benzene rings is 2. The second kappa shape index (κ2) is 11.0. The minimum absolute atomic E-state index is 0.675. The number of fused-ring (bicyclic) bond motifs is 1. The van der Waals surface area contributed by atoms with Gasteiger partial charge in [0, 0.05) is 67.3 Å². The highest BCUT2D eigenvalue weighted by atomic mass is 32.1. The molecule has 0 spiro atoms. The van der Waals surface area contributed by atoms with E-state index in [0.29, 0.717) is 6.54 Å². The van der Waals surface area contributed by atoms with Crippen LogP contribution in [0.5, 0.6) is 0 Å². The molecule has 0 unspecified atom stereocenters. The predicted octanol–water partition coefficient (Wildman–Crippen LogP) is 4.28. The molecule has 4 aromatic rings. The molecule has 0 aliphatic carbocycles. The van der Waals surface area contributed by atoms with Crippen LogP contribution in [0.3, 0.4) is 0 Å². The molecule has 8 heteroatoms. The molecule has 0 bridgehead atoms. The Morgan fingerprint density at radius 2 is 1.81 bits per heavy atom. The zero-order valence-electron chi connectivity index (χ0n) is 20.7. The van der Waals surface area contributed by atoms with Crippen molar-refractivity contribution < 1.29 is 4.79 Å². The van der Waals surface area contributed by atoms with E-state index >= 15 is 0 Å². The van der Waals surface area contributed by atoms with Gasteiger partial charge in [-0.25, -0.2) is 15.0 Å². The third-order valence-corrected chi connectivity index (χ3v) is 7.48. The molecule has 5 rings (SSSR count). The summed E-state index contributed by atoms with van der Waals surface area (Å²) in [7, 11) is 4.04. The molecule has 0 saturated carbocycles. The van der Waals surface area contributed by atoms with Crippen molar-refractivity contribution in [1.82, 2.24) is 19.9 Å². The molecular formula is C28H30N6OS. The maximum absolute atomic E-state index is 11.7. The Balaban J connectivity index is 1.25. The average molecular weight is 499 g/mol. The number of amides is 1. The van der Waals surface area contributed by atoms with Crippen LogP contribution in [0.2, 0.25) is 0 Å². The summed E-state index contributed by atoms with van der Waals surface area (Å²) < 4.78 is 0. The van der Waals surface area contributed by atoms with Gasteiger partial charge in [-0.2, -0.15) is 0 Å². The molecule has 0 fully saturated rings. The van der Waals surface area contributed by atoms with Crippen LogP contribution in [-0.2, 0) is 24.2 Å². The Kier molecular flexibility index (Phi) is 7.34. The number of aromatic nitrogens is 3. The Labute approximate surface area is 216 Å². The normalized spacial score (nSPS) is 13.0. The Morgan fingerprint density at radius 3 is 2.56 bits per heavy atom. The van der Waals surface area contributed by atoms with Crippen molar-refractivity contribution in [3.63, 3.8) is 0 Å². The monoisotopic (exact) mass is 498 g/mol. The van der Waals surface area contributed by atoms with Crippen molar-refractivity contribution in [2.45, 2.75) is 19.4 Å². The average Bonchev–Trinajstić information content (AvgIpc) is 3.38. The topological polar surface area (TPSA) is 65.5 Å². The first kappa shape index (κ1) is 24.1. The molecule has 36 heavy (non-hydrogen) atoms. The predicted molar refractivity (Wildman–Crippen MR) is 146 cm³/mol. The summed E-state index contributed by atoms with van der Waals surface area (Å²) in [6.07, 6.45) is 8.28. The largest absolute Gasteiger partial charge is 0.343 e. The van der Waals surface area contributed by atoms with Gasteiger partial charge < -0.3 is 14.7 Å². The van der Waals surface area contributed by atoms with Gasteiger partial charge in [0.15, 0.2) is 11.0 Å².